The smallest absolute Gasteiger partial charge is 0.0536 e. The van der Waals surface area contributed by atoms with Crippen LogP contribution in [-0.4, -0.2) is 33.6 Å². The molecule has 3 N–H and O–H groups in total. The summed E-state index contributed by atoms with van der Waals surface area (Å²) in [7, 11) is 0. The Kier molecular flexibility index (Phi) is 17.0. The lowest BCUT2D eigenvalue weighted by molar-refractivity contribution is 0.102. The van der Waals surface area contributed by atoms with Gasteiger partial charge >= 0.3 is 0 Å². The fourth-order valence-electron chi connectivity index (χ4n) is 0.494. The molecule has 0 aromatic rings. The second-order valence-electron chi connectivity index (χ2n) is 3.19. The van der Waals surface area contributed by atoms with E-state index in [4.69, 9.17) is 15.3 Å². The van der Waals surface area contributed by atoms with E-state index in [2.05, 4.69) is 0 Å². The first-order chi connectivity index (χ1) is 5.40. The van der Waals surface area contributed by atoms with E-state index < -0.39 is 0 Å². The highest BCUT2D eigenvalue weighted by Gasteiger charge is 1.98. The largest absolute Gasteiger partial charge is 0.393 e. The fourth-order valence-corrected chi connectivity index (χ4v) is 0.494. The van der Waals surface area contributed by atoms with Gasteiger partial charge in [-0.25, -0.2) is 0 Å². The summed E-state index contributed by atoms with van der Waals surface area (Å²) >= 11 is 0. The molecule has 0 spiro atoms. The molecule has 3 atom stereocenters. The zero-order valence-corrected chi connectivity index (χ0v) is 8.49. The molecule has 0 bridgehead atoms. The second-order valence-corrected chi connectivity index (χ2v) is 3.19. The summed E-state index contributed by atoms with van der Waals surface area (Å²) in [6.07, 6.45) is 0.468. The fraction of sp³-hybridized carbons (Fsp3) is 1.00. The van der Waals surface area contributed by atoms with Gasteiger partial charge in [-0.3, -0.25) is 0 Å². The van der Waals surface area contributed by atoms with Crippen molar-refractivity contribution in [2.45, 2.75) is 66.3 Å². The third-order valence-corrected chi connectivity index (χ3v) is 1.27. The van der Waals surface area contributed by atoms with Gasteiger partial charge in [-0.2, -0.15) is 0 Å². The van der Waals surface area contributed by atoms with Gasteiger partial charge in [-0.15, -0.1) is 0 Å². The van der Waals surface area contributed by atoms with Crippen molar-refractivity contribution in [3.05, 3.63) is 0 Å². The van der Waals surface area contributed by atoms with Crippen LogP contribution in [0.15, 0.2) is 0 Å². The molecule has 0 aliphatic heterocycles. The van der Waals surface area contributed by atoms with Gasteiger partial charge < -0.3 is 15.3 Å². The highest BCUT2D eigenvalue weighted by atomic mass is 16.3. The number of hydrogen-bond donors (Lipinski definition) is 3. The lowest BCUT2D eigenvalue weighted by atomic mass is 10.2. The van der Waals surface area contributed by atoms with Crippen molar-refractivity contribution in [3.8, 4) is 0 Å². The van der Waals surface area contributed by atoms with Gasteiger partial charge in [0.25, 0.3) is 0 Å². The summed E-state index contributed by atoms with van der Waals surface area (Å²) in [5.74, 6) is 0. The lowest BCUT2D eigenvalue weighted by Gasteiger charge is -2.04. The molecule has 0 aromatic carbocycles. The third-order valence-electron chi connectivity index (χ3n) is 1.27. The second kappa shape index (κ2) is 11.9. The molecule has 0 rings (SSSR count). The van der Waals surface area contributed by atoms with Crippen LogP contribution < -0.4 is 0 Å². The number of aliphatic hydroxyl groups excluding tert-OH is 3. The van der Waals surface area contributed by atoms with Gasteiger partial charge in [0, 0.05) is 0 Å². The van der Waals surface area contributed by atoms with Crippen LogP contribution in [0.3, 0.4) is 0 Å². The van der Waals surface area contributed by atoms with Crippen LogP contribution in [0.4, 0.5) is 0 Å². The van der Waals surface area contributed by atoms with Crippen molar-refractivity contribution in [2.75, 3.05) is 0 Å². The van der Waals surface area contributed by atoms with Gasteiger partial charge in [0.1, 0.15) is 0 Å². The molecule has 0 aromatic heterocycles. The van der Waals surface area contributed by atoms with E-state index in [0.29, 0.717) is 6.42 Å². The van der Waals surface area contributed by atoms with Gasteiger partial charge in [-0.05, 0) is 33.6 Å². The topological polar surface area (TPSA) is 60.7 Å². The van der Waals surface area contributed by atoms with Gasteiger partial charge in [0.2, 0.25) is 0 Å². The monoisotopic (exact) mass is 194 g/mol. The van der Waals surface area contributed by atoms with Crippen molar-refractivity contribution in [2.24, 2.45) is 0 Å². The molecular weight excluding hydrogens is 168 g/mol. The molecule has 0 unspecified atom stereocenters. The van der Waals surface area contributed by atoms with E-state index in [0.717, 1.165) is 6.42 Å². The number of hydrogen-bond acceptors (Lipinski definition) is 3. The van der Waals surface area contributed by atoms with Crippen molar-refractivity contribution >= 4 is 0 Å². The Morgan fingerprint density at radius 2 is 1.08 bits per heavy atom. The number of rotatable bonds is 3. The van der Waals surface area contributed by atoms with Crippen LogP contribution in [0, 0.1) is 0 Å². The highest BCUT2D eigenvalue weighted by molar-refractivity contribution is 4.51. The van der Waals surface area contributed by atoms with Crippen LogP contribution in [0.5, 0.6) is 0 Å². The minimum Gasteiger partial charge on any atom is -0.393 e. The van der Waals surface area contributed by atoms with E-state index in [1.54, 1.807) is 20.8 Å². The maximum atomic E-state index is 8.56. The van der Waals surface area contributed by atoms with Gasteiger partial charge in [0.05, 0.1) is 18.3 Å². The van der Waals surface area contributed by atoms with E-state index in [1.165, 1.54) is 0 Å². The van der Waals surface area contributed by atoms with Crippen molar-refractivity contribution in [1.82, 2.24) is 0 Å². The van der Waals surface area contributed by atoms with Crippen molar-refractivity contribution in [3.63, 3.8) is 0 Å². The molecular formula is C10H26O3. The first-order valence-electron chi connectivity index (χ1n) is 4.44. The molecule has 0 saturated carbocycles. The standard InChI is InChI=1S/C5H12O2.C4H10O.CH4/c1-4(6)3-5(2)7;1-3-4(2)5;/h4-7H,3H2,1-2H3;4-5H,3H2,1-2H3;1H4/t4-,5-;4-;/m10./s1. The van der Waals surface area contributed by atoms with Crippen molar-refractivity contribution in [1.29, 1.82) is 0 Å². The van der Waals surface area contributed by atoms with E-state index in [9.17, 15) is 0 Å². The molecule has 0 aliphatic rings. The summed E-state index contributed by atoms with van der Waals surface area (Å²) in [5, 5.41) is 25.5. The summed E-state index contributed by atoms with van der Waals surface area (Å²) in [5.41, 5.74) is 0. The van der Waals surface area contributed by atoms with Crippen LogP contribution in [0.1, 0.15) is 48.0 Å². The summed E-state index contributed by atoms with van der Waals surface area (Å²) in [6, 6.07) is 0. The Morgan fingerprint density at radius 1 is 0.846 bits per heavy atom. The predicted molar refractivity (Wildman–Crippen MR) is 56.7 cm³/mol. The normalized spacial score (nSPS) is 15.9. The molecule has 0 saturated heterocycles. The summed E-state index contributed by atoms with van der Waals surface area (Å²) in [4.78, 5) is 0. The zero-order valence-electron chi connectivity index (χ0n) is 8.49. The molecule has 0 radical (unpaired) electrons. The zero-order chi connectivity index (χ0) is 10.1. The quantitative estimate of drug-likeness (QED) is 0.639. The van der Waals surface area contributed by atoms with E-state index in [-0.39, 0.29) is 25.7 Å². The van der Waals surface area contributed by atoms with Crippen LogP contribution in [0.2, 0.25) is 0 Å². The van der Waals surface area contributed by atoms with E-state index >= 15 is 0 Å². The molecule has 0 aliphatic carbocycles. The molecule has 84 valence electrons. The summed E-state index contributed by atoms with van der Waals surface area (Å²) in [6.45, 7) is 7.05. The minimum atomic E-state index is -0.375. The maximum Gasteiger partial charge on any atom is 0.0536 e. The predicted octanol–water partition coefficient (Wildman–Crippen LogP) is 1.55. The molecule has 0 fully saturated rings. The first kappa shape index (κ1) is 18.6. The SMILES string of the molecule is C.CC[C@H](C)O.C[C@@H](O)C[C@@H](C)O. The molecule has 0 heterocycles. The van der Waals surface area contributed by atoms with Gasteiger partial charge in [0.15, 0.2) is 0 Å². The van der Waals surface area contributed by atoms with Gasteiger partial charge in [-0.1, -0.05) is 14.4 Å². The van der Waals surface area contributed by atoms with Crippen molar-refractivity contribution < 1.29 is 15.3 Å². The third kappa shape index (κ3) is 33.5. The van der Waals surface area contributed by atoms with Crippen LogP contribution in [0.25, 0.3) is 0 Å². The Bertz CT molecular complexity index is 74.2. The Hall–Kier alpha value is -0.120. The lowest BCUT2D eigenvalue weighted by Crippen LogP contribution is -2.10. The molecule has 13 heavy (non-hydrogen) atoms. The molecule has 3 heteroatoms. The van der Waals surface area contributed by atoms with E-state index in [1.807, 2.05) is 6.92 Å². The maximum absolute atomic E-state index is 8.56. The molecule has 0 amide bonds. The average Bonchev–Trinajstić information content (AvgIpc) is 1.85. The Balaban J connectivity index is -0.000000150. The Morgan fingerprint density at radius 3 is 1.08 bits per heavy atom. The average molecular weight is 194 g/mol. The highest BCUT2D eigenvalue weighted by Crippen LogP contribution is 1.93. The summed E-state index contributed by atoms with van der Waals surface area (Å²) < 4.78 is 0. The Labute approximate surface area is 82.4 Å². The molecule has 3 nitrogen and oxygen atoms in total. The van der Waals surface area contributed by atoms with Crippen LogP contribution in [-0.2, 0) is 0 Å². The first-order valence-corrected chi connectivity index (χ1v) is 4.44. The minimum absolute atomic E-state index is 0. The van der Waals surface area contributed by atoms with Crippen LogP contribution >= 0.6 is 0 Å². The number of aliphatic hydroxyl groups is 3.